The van der Waals surface area contributed by atoms with E-state index in [2.05, 4.69) is 78.6 Å². The molecule has 2 aromatic carbocycles. The first kappa shape index (κ1) is 18.8. The monoisotopic (exact) mass is 398 g/mol. The molecule has 0 spiro atoms. The third-order valence-electron chi connectivity index (χ3n) is 6.42. The van der Waals surface area contributed by atoms with Gasteiger partial charge in [0.15, 0.2) is 0 Å². The predicted octanol–water partition coefficient (Wildman–Crippen LogP) is 4.98. The molecule has 5 rings (SSSR count). The fraction of sp³-hybridized carbons (Fsp3) is 0.320. The second-order valence-electron chi connectivity index (χ2n) is 8.65. The minimum absolute atomic E-state index is 0.0795. The van der Waals surface area contributed by atoms with Crippen molar-refractivity contribution >= 4 is 11.7 Å². The summed E-state index contributed by atoms with van der Waals surface area (Å²) in [6.45, 7) is 6.48. The second kappa shape index (κ2) is 7.24. The zero-order chi connectivity index (χ0) is 20.8. The lowest BCUT2D eigenvalue weighted by Crippen LogP contribution is -2.40. The number of rotatable bonds is 3. The normalized spacial score (nSPS) is 22.9. The van der Waals surface area contributed by atoms with Gasteiger partial charge in [-0.05, 0) is 35.1 Å². The van der Waals surface area contributed by atoms with Gasteiger partial charge < -0.3 is 5.32 Å². The number of aromatic nitrogens is 3. The SMILES string of the molecule is Cc1ccccc1[C@@H]1C=C2Nc3ncnn3[C@@H](c3ccc(C(C)C)cc3)[C@@H]2C(=O)C1. The first-order valence-electron chi connectivity index (χ1n) is 10.6. The first-order chi connectivity index (χ1) is 14.5. The molecule has 0 saturated carbocycles. The topological polar surface area (TPSA) is 59.8 Å². The van der Waals surface area contributed by atoms with Crippen LogP contribution in [0.25, 0.3) is 0 Å². The lowest BCUT2D eigenvalue weighted by Gasteiger charge is -2.38. The maximum absolute atomic E-state index is 13.5. The number of anilines is 1. The largest absolute Gasteiger partial charge is 0.328 e. The van der Waals surface area contributed by atoms with Crippen LogP contribution in [0.1, 0.15) is 60.4 Å². The van der Waals surface area contributed by atoms with Crippen LogP contribution in [0.2, 0.25) is 0 Å². The molecule has 0 amide bonds. The minimum Gasteiger partial charge on any atom is -0.328 e. The van der Waals surface area contributed by atoms with Gasteiger partial charge in [-0.1, -0.05) is 68.5 Å². The lowest BCUT2D eigenvalue weighted by molar-refractivity contribution is -0.123. The highest BCUT2D eigenvalue weighted by Gasteiger charge is 2.43. The molecule has 1 aromatic heterocycles. The zero-order valence-electron chi connectivity index (χ0n) is 17.5. The number of hydrogen-bond donors (Lipinski definition) is 1. The van der Waals surface area contributed by atoms with E-state index in [-0.39, 0.29) is 23.7 Å². The number of carbonyl (C=O) groups is 1. The van der Waals surface area contributed by atoms with Crippen LogP contribution in [-0.4, -0.2) is 20.5 Å². The van der Waals surface area contributed by atoms with Gasteiger partial charge in [-0.25, -0.2) is 4.68 Å². The third-order valence-corrected chi connectivity index (χ3v) is 6.42. The molecule has 152 valence electrons. The van der Waals surface area contributed by atoms with Gasteiger partial charge in [0.05, 0.1) is 12.0 Å². The van der Waals surface area contributed by atoms with E-state index in [0.29, 0.717) is 18.3 Å². The van der Waals surface area contributed by atoms with Crippen molar-refractivity contribution in [1.82, 2.24) is 14.8 Å². The van der Waals surface area contributed by atoms with Gasteiger partial charge >= 0.3 is 0 Å². The number of nitrogens with zero attached hydrogens (tertiary/aromatic N) is 3. The number of nitrogens with one attached hydrogen (secondary N) is 1. The molecular weight excluding hydrogens is 372 g/mol. The summed E-state index contributed by atoms with van der Waals surface area (Å²) in [5.74, 6) is 1.21. The number of aryl methyl sites for hydroxylation is 1. The van der Waals surface area contributed by atoms with E-state index in [4.69, 9.17) is 0 Å². The number of hydrogen-bond acceptors (Lipinski definition) is 4. The highest BCUT2D eigenvalue weighted by molar-refractivity contribution is 5.88. The van der Waals surface area contributed by atoms with Crippen LogP contribution in [-0.2, 0) is 4.79 Å². The van der Waals surface area contributed by atoms with Gasteiger partial charge in [0.1, 0.15) is 12.1 Å². The van der Waals surface area contributed by atoms with Gasteiger partial charge in [0.2, 0.25) is 5.95 Å². The Morgan fingerprint density at radius 1 is 1.10 bits per heavy atom. The Labute approximate surface area is 176 Å². The van der Waals surface area contributed by atoms with Gasteiger partial charge in [0.25, 0.3) is 0 Å². The van der Waals surface area contributed by atoms with Crippen molar-refractivity contribution in [2.45, 2.75) is 45.1 Å². The summed E-state index contributed by atoms with van der Waals surface area (Å²) in [5, 5.41) is 7.84. The van der Waals surface area contributed by atoms with Crippen molar-refractivity contribution in [3.8, 4) is 0 Å². The van der Waals surface area contributed by atoms with Crippen molar-refractivity contribution < 1.29 is 4.79 Å². The molecular formula is C25H26N4O. The number of allylic oxidation sites excluding steroid dienone is 2. The van der Waals surface area contributed by atoms with Crippen molar-refractivity contribution in [3.05, 3.63) is 88.9 Å². The molecule has 1 aliphatic heterocycles. The highest BCUT2D eigenvalue weighted by atomic mass is 16.1. The van der Waals surface area contributed by atoms with E-state index in [9.17, 15) is 4.79 Å². The van der Waals surface area contributed by atoms with E-state index < -0.39 is 0 Å². The van der Waals surface area contributed by atoms with Gasteiger partial charge in [0, 0.05) is 18.0 Å². The van der Waals surface area contributed by atoms with Crippen molar-refractivity contribution in [3.63, 3.8) is 0 Å². The van der Waals surface area contributed by atoms with Gasteiger partial charge in [-0.2, -0.15) is 10.1 Å². The molecule has 0 fully saturated rings. The number of benzene rings is 2. The van der Waals surface area contributed by atoms with E-state index in [1.54, 1.807) is 6.33 Å². The summed E-state index contributed by atoms with van der Waals surface area (Å²) in [6, 6.07) is 16.7. The summed E-state index contributed by atoms with van der Waals surface area (Å²) < 4.78 is 1.86. The maximum Gasteiger partial charge on any atom is 0.226 e. The van der Waals surface area contributed by atoms with E-state index in [1.165, 1.54) is 16.7 Å². The average Bonchev–Trinajstić information content (AvgIpc) is 3.20. The molecule has 0 unspecified atom stereocenters. The molecule has 30 heavy (non-hydrogen) atoms. The number of carbonyl (C=O) groups excluding carboxylic acids is 1. The average molecular weight is 399 g/mol. The standard InChI is InChI=1S/C25H26N4O/c1-15(2)17-8-10-18(11-9-17)24-23-21(28-25-26-14-27-29(24)25)12-19(13-22(23)30)20-7-5-4-6-16(20)3/h4-12,14-15,19,23-24H,13H2,1-3H3,(H,26,27,28)/t19-,23+,24+/m1/s1. The van der Waals surface area contributed by atoms with Crippen LogP contribution in [0.5, 0.6) is 0 Å². The van der Waals surface area contributed by atoms with Crippen LogP contribution in [0.15, 0.2) is 66.6 Å². The van der Waals surface area contributed by atoms with Gasteiger partial charge in [-0.3, -0.25) is 4.79 Å². The zero-order valence-corrected chi connectivity index (χ0v) is 17.5. The van der Waals surface area contributed by atoms with Crippen LogP contribution >= 0.6 is 0 Å². The Morgan fingerprint density at radius 2 is 1.87 bits per heavy atom. The Morgan fingerprint density at radius 3 is 2.60 bits per heavy atom. The fourth-order valence-electron chi connectivity index (χ4n) is 4.79. The van der Waals surface area contributed by atoms with Crippen molar-refractivity contribution in [1.29, 1.82) is 0 Å². The number of fused-ring (bicyclic) bond motifs is 2. The summed E-state index contributed by atoms with van der Waals surface area (Å²) in [6.07, 6.45) is 4.28. The summed E-state index contributed by atoms with van der Waals surface area (Å²) >= 11 is 0. The molecule has 5 nitrogen and oxygen atoms in total. The molecule has 3 aromatic rings. The predicted molar refractivity (Wildman–Crippen MR) is 117 cm³/mol. The Hall–Kier alpha value is -3.21. The van der Waals surface area contributed by atoms with Crippen molar-refractivity contribution in [2.24, 2.45) is 5.92 Å². The second-order valence-corrected chi connectivity index (χ2v) is 8.65. The number of ketones is 1. The maximum atomic E-state index is 13.5. The minimum atomic E-state index is -0.274. The molecule has 1 aliphatic carbocycles. The Bertz CT molecular complexity index is 1130. The van der Waals surface area contributed by atoms with Gasteiger partial charge in [-0.15, -0.1) is 0 Å². The van der Waals surface area contributed by atoms with Crippen LogP contribution in [0, 0.1) is 12.8 Å². The highest BCUT2D eigenvalue weighted by Crippen LogP contribution is 2.44. The van der Waals surface area contributed by atoms with Crippen molar-refractivity contribution in [2.75, 3.05) is 5.32 Å². The van der Waals surface area contributed by atoms with E-state index in [0.717, 1.165) is 11.3 Å². The fourth-order valence-corrected chi connectivity index (χ4v) is 4.79. The van der Waals surface area contributed by atoms with E-state index >= 15 is 0 Å². The molecule has 2 heterocycles. The molecule has 0 saturated heterocycles. The number of Topliss-reactive ketones (excluding diaryl/α,β-unsaturated/α-hetero) is 1. The van der Waals surface area contributed by atoms with E-state index in [1.807, 2.05) is 16.8 Å². The molecule has 0 bridgehead atoms. The molecule has 3 atom stereocenters. The Balaban J connectivity index is 1.59. The molecule has 0 radical (unpaired) electrons. The first-order valence-corrected chi connectivity index (χ1v) is 10.6. The quantitative estimate of drug-likeness (QED) is 0.676. The smallest absolute Gasteiger partial charge is 0.226 e. The molecule has 5 heteroatoms. The van der Waals surface area contributed by atoms with Crippen LogP contribution < -0.4 is 5.32 Å². The third kappa shape index (κ3) is 3.05. The molecule has 2 aliphatic rings. The summed E-state index contributed by atoms with van der Waals surface area (Å²) in [4.78, 5) is 17.9. The summed E-state index contributed by atoms with van der Waals surface area (Å²) in [5.41, 5.74) is 5.75. The van der Waals surface area contributed by atoms with Crippen LogP contribution in [0.3, 0.4) is 0 Å². The molecule has 1 N–H and O–H groups in total. The summed E-state index contributed by atoms with van der Waals surface area (Å²) in [7, 11) is 0. The lowest BCUT2D eigenvalue weighted by atomic mass is 9.75. The Kier molecular flexibility index (Phi) is 4.54. The van der Waals surface area contributed by atoms with Crippen LogP contribution in [0.4, 0.5) is 5.95 Å².